The van der Waals surface area contributed by atoms with Crippen LogP contribution >= 0.6 is 0 Å². The third-order valence-corrected chi connectivity index (χ3v) is 9.85. The van der Waals surface area contributed by atoms with Crippen LogP contribution in [0.15, 0.2) is 72.6 Å². The van der Waals surface area contributed by atoms with E-state index in [0.717, 1.165) is 5.52 Å². The monoisotopic (exact) mass is 729 g/mol. The SMILES string of the molecule is CC(=O)/C=C(/C)O.[Ir].[c-]1ccc2[se]c3cccc4[se]c5c6ccccc6cnc5c1c2c34. The van der Waals surface area contributed by atoms with Crippen molar-refractivity contribution in [2.24, 2.45) is 0 Å². The Hall–Kier alpha value is -2.03. The number of aliphatic hydroxyl groups excluding tert-OH is 1. The molecule has 0 amide bonds. The van der Waals surface area contributed by atoms with Gasteiger partial charge in [0.1, 0.15) is 0 Å². The molecule has 1 radical (unpaired) electrons. The first-order chi connectivity index (χ1) is 15.0. The van der Waals surface area contributed by atoms with Crippen LogP contribution in [0.25, 0.3) is 49.5 Å². The molecule has 3 aromatic heterocycles. The summed E-state index contributed by atoms with van der Waals surface area (Å²) in [4.78, 5) is 14.9. The summed E-state index contributed by atoms with van der Waals surface area (Å²) in [6, 6.07) is 23.3. The first-order valence-electron chi connectivity index (χ1n) is 9.82. The topological polar surface area (TPSA) is 50.2 Å². The van der Waals surface area contributed by atoms with Gasteiger partial charge in [0.05, 0.1) is 5.76 Å². The zero-order chi connectivity index (χ0) is 21.5. The molecule has 3 aromatic carbocycles. The number of pyridine rings is 1. The molecule has 0 aliphatic heterocycles. The Bertz CT molecular complexity index is 1640. The molecule has 0 aliphatic carbocycles. The van der Waals surface area contributed by atoms with Gasteiger partial charge < -0.3 is 5.11 Å². The Labute approximate surface area is 210 Å². The van der Waals surface area contributed by atoms with Crippen LogP contribution in [-0.2, 0) is 24.9 Å². The van der Waals surface area contributed by atoms with Crippen LogP contribution in [0, 0.1) is 6.07 Å². The van der Waals surface area contributed by atoms with Crippen molar-refractivity contribution < 1.29 is 30.0 Å². The van der Waals surface area contributed by atoms with Gasteiger partial charge in [-0.1, -0.05) is 0 Å². The van der Waals surface area contributed by atoms with E-state index < -0.39 is 0 Å². The number of allylic oxidation sites excluding steroid dienone is 2. The number of nitrogens with zero attached hydrogens (tertiary/aromatic N) is 1. The van der Waals surface area contributed by atoms with Crippen molar-refractivity contribution in [2.75, 3.05) is 0 Å². The Morgan fingerprint density at radius 1 is 0.969 bits per heavy atom. The normalized spacial score (nSPS) is 11.6. The third-order valence-electron chi connectivity index (χ3n) is 5.03. The van der Waals surface area contributed by atoms with E-state index >= 15 is 0 Å². The number of rotatable bonds is 1. The Morgan fingerprint density at radius 3 is 2.41 bits per heavy atom. The number of aromatic nitrogens is 1. The fourth-order valence-corrected chi connectivity index (χ4v) is 9.16. The first-order valence-corrected chi connectivity index (χ1v) is 13.3. The summed E-state index contributed by atoms with van der Waals surface area (Å²) in [5, 5.41) is 15.0. The maximum atomic E-state index is 10.0. The van der Waals surface area contributed by atoms with E-state index in [2.05, 4.69) is 60.7 Å². The molecule has 32 heavy (non-hydrogen) atoms. The second-order valence-corrected chi connectivity index (χ2v) is 11.8. The van der Waals surface area contributed by atoms with Crippen LogP contribution in [0.1, 0.15) is 13.8 Å². The maximum absolute atomic E-state index is 10.0. The van der Waals surface area contributed by atoms with Crippen molar-refractivity contribution in [3.63, 3.8) is 0 Å². The van der Waals surface area contributed by atoms with E-state index in [9.17, 15) is 4.79 Å². The fourth-order valence-electron chi connectivity index (χ4n) is 3.87. The summed E-state index contributed by atoms with van der Waals surface area (Å²) in [5.41, 5.74) is 1.14. The van der Waals surface area contributed by atoms with Gasteiger partial charge in [0, 0.05) is 26.2 Å². The summed E-state index contributed by atoms with van der Waals surface area (Å²) in [7, 11) is 0. The molecule has 1 N–H and O–H groups in total. The number of carbonyl (C=O) groups excluding carboxylic acids is 1. The average molecular weight is 727 g/mol. The zero-order valence-electron chi connectivity index (χ0n) is 17.3. The number of hydrogen-bond donors (Lipinski definition) is 1. The standard InChI is InChI=1S/C21H10NSe2.C5H8O2.Ir/c1-2-6-13-12(5-1)11-22-20-14-7-3-8-15-18(14)19-16(23-15)9-4-10-17(19)24-21(13)20;1-4(6)3-5(2)7;/h1-6,8-11H;3,6H,1-2H3;/q-1;;/b;4-3-;. The number of fused-ring (bicyclic) bond motifs is 4. The van der Waals surface area contributed by atoms with Gasteiger partial charge in [0.2, 0.25) is 0 Å². The molecule has 0 bridgehead atoms. The van der Waals surface area contributed by atoms with Crippen molar-refractivity contribution in [1.29, 1.82) is 0 Å². The molecule has 0 atom stereocenters. The summed E-state index contributed by atoms with van der Waals surface area (Å²) in [5.74, 6) is -0.0625. The van der Waals surface area contributed by atoms with Crippen molar-refractivity contribution in [3.05, 3.63) is 78.7 Å². The van der Waals surface area contributed by atoms with E-state index in [1.807, 2.05) is 6.20 Å². The molecule has 3 nitrogen and oxygen atoms in total. The van der Waals surface area contributed by atoms with Crippen molar-refractivity contribution >= 4 is 84.3 Å². The van der Waals surface area contributed by atoms with E-state index in [4.69, 9.17) is 10.1 Å². The predicted octanol–water partition coefficient (Wildman–Crippen LogP) is 5.80. The molecule has 6 rings (SSSR count). The molecule has 0 fully saturated rings. The van der Waals surface area contributed by atoms with Gasteiger partial charge in [-0.3, -0.25) is 4.79 Å². The minimum absolute atomic E-state index is 0. The molecular formula is C26H18IrNO2Se2-. The number of carbonyl (C=O) groups is 1. The molecular weight excluding hydrogens is 708 g/mol. The summed E-state index contributed by atoms with van der Waals surface area (Å²) in [6.45, 7) is 2.85. The van der Waals surface area contributed by atoms with Gasteiger partial charge in [-0.25, -0.2) is 0 Å². The van der Waals surface area contributed by atoms with E-state index in [1.54, 1.807) is 0 Å². The molecule has 0 saturated carbocycles. The Balaban J connectivity index is 0.000000271. The van der Waals surface area contributed by atoms with E-state index in [0.29, 0.717) is 14.5 Å². The van der Waals surface area contributed by atoms with Crippen molar-refractivity contribution in [1.82, 2.24) is 4.98 Å². The minimum atomic E-state index is -0.125. The van der Waals surface area contributed by atoms with Crippen LogP contribution < -0.4 is 0 Å². The number of aliphatic hydroxyl groups is 1. The van der Waals surface area contributed by atoms with Gasteiger partial charge in [0.25, 0.3) is 0 Å². The van der Waals surface area contributed by atoms with Gasteiger partial charge in [0.15, 0.2) is 5.78 Å². The Morgan fingerprint density at radius 2 is 1.69 bits per heavy atom. The molecule has 0 saturated heterocycles. The number of hydrogen-bond acceptors (Lipinski definition) is 3. The van der Waals surface area contributed by atoms with Crippen molar-refractivity contribution in [2.45, 2.75) is 13.8 Å². The van der Waals surface area contributed by atoms with Crippen LogP contribution in [-0.4, -0.2) is 44.9 Å². The van der Waals surface area contributed by atoms with E-state index in [-0.39, 0.29) is 46.2 Å². The van der Waals surface area contributed by atoms with Crippen LogP contribution in [0.4, 0.5) is 0 Å². The molecule has 0 spiro atoms. The van der Waals surface area contributed by atoms with E-state index in [1.165, 1.54) is 63.9 Å². The second kappa shape index (κ2) is 9.45. The molecule has 3 heterocycles. The van der Waals surface area contributed by atoms with Gasteiger partial charge >= 0.3 is 150 Å². The zero-order valence-corrected chi connectivity index (χ0v) is 23.1. The van der Waals surface area contributed by atoms with Crippen LogP contribution in [0.5, 0.6) is 0 Å². The summed E-state index contributed by atoms with van der Waals surface area (Å²) < 4.78 is 5.91. The number of ketones is 1. The molecule has 0 aliphatic rings. The van der Waals surface area contributed by atoms with Gasteiger partial charge in [-0.05, 0) is 13.8 Å². The quantitative estimate of drug-likeness (QED) is 0.101. The van der Waals surface area contributed by atoms with Crippen molar-refractivity contribution in [3.8, 4) is 0 Å². The number of benzene rings is 3. The molecule has 0 unspecified atom stereocenters. The predicted molar refractivity (Wildman–Crippen MR) is 132 cm³/mol. The first kappa shape index (κ1) is 23.1. The summed E-state index contributed by atoms with van der Waals surface area (Å²) >= 11 is 0.675. The Kier molecular flexibility index (Phi) is 6.83. The van der Waals surface area contributed by atoms with Crippen LogP contribution in [0.3, 0.4) is 0 Å². The van der Waals surface area contributed by atoms with Gasteiger partial charge in [-0.15, -0.1) is 0 Å². The molecule has 161 valence electrons. The van der Waals surface area contributed by atoms with Crippen LogP contribution in [0.2, 0.25) is 0 Å². The molecule has 6 heteroatoms. The average Bonchev–Trinajstić information content (AvgIpc) is 3.05. The third kappa shape index (κ3) is 4.15. The summed E-state index contributed by atoms with van der Waals surface area (Å²) in [6.07, 6.45) is 3.19. The molecule has 6 aromatic rings. The second-order valence-electron chi connectivity index (χ2n) is 7.34. The fraction of sp³-hybridized carbons (Fsp3) is 0.0769. The van der Waals surface area contributed by atoms with Gasteiger partial charge in [-0.2, -0.15) is 0 Å².